The maximum Gasteiger partial charge on any atom is 0.234 e. The predicted octanol–water partition coefficient (Wildman–Crippen LogP) is 0.0934. The number of alkyl halides is 1. The van der Waals surface area contributed by atoms with Crippen LogP contribution in [-0.4, -0.2) is 30.9 Å². The Morgan fingerprint density at radius 1 is 1.73 bits per heavy atom. The summed E-state index contributed by atoms with van der Waals surface area (Å²) >= 11 is 5.31. The van der Waals surface area contributed by atoms with Crippen molar-refractivity contribution in [3.05, 3.63) is 0 Å². The van der Waals surface area contributed by atoms with Crippen molar-refractivity contribution in [3.8, 4) is 0 Å². The van der Waals surface area contributed by atoms with Crippen molar-refractivity contribution < 1.29 is 4.79 Å². The standard InChI is InChI=1S/C7H13ClN2O/c8-4-7(11)10-5-6-2-1-3-9-6/h6,9H,1-5H2,(H,10,11)/t6-/m1/s1. The van der Waals surface area contributed by atoms with E-state index in [0.29, 0.717) is 12.6 Å². The Kier molecular flexibility index (Phi) is 3.66. The highest BCUT2D eigenvalue weighted by atomic mass is 35.5. The molecule has 1 atom stereocenters. The summed E-state index contributed by atoms with van der Waals surface area (Å²) in [6.45, 7) is 1.78. The second kappa shape index (κ2) is 4.57. The molecule has 11 heavy (non-hydrogen) atoms. The first-order valence-corrected chi connectivity index (χ1v) is 4.42. The van der Waals surface area contributed by atoms with E-state index in [9.17, 15) is 4.79 Å². The van der Waals surface area contributed by atoms with E-state index in [-0.39, 0.29) is 11.8 Å². The van der Waals surface area contributed by atoms with Crippen LogP contribution in [0.2, 0.25) is 0 Å². The molecule has 0 aromatic heterocycles. The molecule has 3 nitrogen and oxygen atoms in total. The average molecular weight is 177 g/mol. The van der Waals surface area contributed by atoms with Gasteiger partial charge in [-0.3, -0.25) is 4.79 Å². The number of nitrogens with one attached hydrogen (secondary N) is 2. The van der Waals surface area contributed by atoms with Gasteiger partial charge in [-0.15, -0.1) is 11.6 Å². The van der Waals surface area contributed by atoms with Crippen molar-refractivity contribution in [2.24, 2.45) is 0 Å². The minimum Gasteiger partial charge on any atom is -0.354 e. The topological polar surface area (TPSA) is 41.1 Å². The maximum atomic E-state index is 10.7. The number of halogens is 1. The number of carbonyl (C=O) groups excluding carboxylic acids is 1. The van der Waals surface area contributed by atoms with Gasteiger partial charge in [0.1, 0.15) is 5.88 Å². The smallest absolute Gasteiger partial charge is 0.234 e. The highest BCUT2D eigenvalue weighted by molar-refractivity contribution is 6.27. The summed E-state index contributed by atoms with van der Waals surface area (Å²) in [6.07, 6.45) is 2.37. The number of hydrogen-bond acceptors (Lipinski definition) is 2. The minimum atomic E-state index is -0.0830. The van der Waals surface area contributed by atoms with Gasteiger partial charge in [0.15, 0.2) is 0 Å². The van der Waals surface area contributed by atoms with E-state index < -0.39 is 0 Å². The first-order chi connectivity index (χ1) is 5.33. The lowest BCUT2D eigenvalue weighted by Crippen LogP contribution is -2.37. The van der Waals surface area contributed by atoms with Crippen LogP contribution in [0, 0.1) is 0 Å². The summed E-state index contributed by atoms with van der Waals surface area (Å²) in [6, 6.07) is 0.460. The Morgan fingerprint density at radius 2 is 2.55 bits per heavy atom. The van der Waals surface area contributed by atoms with Crippen molar-refractivity contribution >= 4 is 17.5 Å². The quantitative estimate of drug-likeness (QED) is 0.599. The zero-order valence-electron chi connectivity index (χ0n) is 6.40. The van der Waals surface area contributed by atoms with Crippen LogP contribution in [0.4, 0.5) is 0 Å². The van der Waals surface area contributed by atoms with E-state index in [1.54, 1.807) is 0 Å². The molecule has 1 heterocycles. The van der Waals surface area contributed by atoms with Gasteiger partial charge in [0.25, 0.3) is 0 Å². The molecule has 1 amide bonds. The van der Waals surface area contributed by atoms with E-state index in [1.165, 1.54) is 6.42 Å². The summed E-state index contributed by atoms with van der Waals surface area (Å²) in [5.74, 6) is -0.0208. The SMILES string of the molecule is O=C(CCl)NC[C@H]1CCCN1. The Balaban J connectivity index is 2.06. The van der Waals surface area contributed by atoms with Crippen LogP contribution in [0.15, 0.2) is 0 Å². The van der Waals surface area contributed by atoms with E-state index in [4.69, 9.17) is 11.6 Å². The lowest BCUT2D eigenvalue weighted by molar-refractivity contribution is -0.118. The fourth-order valence-corrected chi connectivity index (χ4v) is 1.31. The van der Waals surface area contributed by atoms with Crippen molar-refractivity contribution in [2.45, 2.75) is 18.9 Å². The third kappa shape index (κ3) is 3.08. The lowest BCUT2D eigenvalue weighted by atomic mass is 10.2. The molecule has 1 rings (SSSR count). The Morgan fingerprint density at radius 3 is 3.09 bits per heavy atom. The molecule has 0 aliphatic carbocycles. The second-order valence-corrected chi connectivity index (χ2v) is 3.00. The molecule has 0 saturated carbocycles. The van der Waals surface area contributed by atoms with Crippen LogP contribution >= 0.6 is 11.6 Å². The van der Waals surface area contributed by atoms with E-state index in [2.05, 4.69) is 10.6 Å². The Labute approximate surface area is 71.5 Å². The predicted molar refractivity (Wildman–Crippen MR) is 44.8 cm³/mol. The third-order valence-corrected chi connectivity index (χ3v) is 2.07. The normalized spacial score (nSPS) is 23.5. The molecule has 1 aliphatic rings. The number of rotatable bonds is 3. The van der Waals surface area contributed by atoms with Gasteiger partial charge in [-0.2, -0.15) is 0 Å². The highest BCUT2D eigenvalue weighted by Gasteiger charge is 2.13. The zero-order valence-corrected chi connectivity index (χ0v) is 7.16. The summed E-state index contributed by atoms with van der Waals surface area (Å²) in [4.78, 5) is 10.7. The van der Waals surface area contributed by atoms with E-state index >= 15 is 0 Å². The molecule has 0 aromatic rings. The number of hydrogen-bond donors (Lipinski definition) is 2. The number of carbonyl (C=O) groups is 1. The molecule has 0 radical (unpaired) electrons. The first kappa shape index (κ1) is 8.81. The van der Waals surface area contributed by atoms with Crippen molar-refractivity contribution in [3.63, 3.8) is 0 Å². The average Bonchev–Trinajstić information content (AvgIpc) is 2.52. The fourth-order valence-electron chi connectivity index (χ4n) is 1.22. The van der Waals surface area contributed by atoms with E-state index in [1.807, 2.05) is 0 Å². The van der Waals surface area contributed by atoms with Gasteiger partial charge >= 0.3 is 0 Å². The highest BCUT2D eigenvalue weighted by Crippen LogP contribution is 2.02. The molecule has 64 valence electrons. The first-order valence-electron chi connectivity index (χ1n) is 3.89. The fraction of sp³-hybridized carbons (Fsp3) is 0.857. The summed E-state index contributed by atoms with van der Waals surface area (Å²) < 4.78 is 0. The molecular weight excluding hydrogens is 164 g/mol. The van der Waals surface area contributed by atoms with Crippen LogP contribution in [-0.2, 0) is 4.79 Å². The molecule has 2 N–H and O–H groups in total. The number of amides is 1. The van der Waals surface area contributed by atoms with Gasteiger partial charge in [-0.1, -0.05) is 0 Å². The van der Waals surface area contributed by atoms with Crippen LogP contribution in [0.25, 0.3) is 0 Å². The lowest BCUT2D eigenvalue weighted by Gasteiger charge is -2.09. The van der Waals surface area contributed by atoms with Gasteiger partial charge in [0.05, 0.1) is 0 Å². The van der Waals surface area contributed by atoms with Crippen molar-refractivity contribution in [1.29, 1.82) is 0 Å². The monoisotopic (exact) mass is 176 g/mol. The summed E-state index contributed by atoms with van der Waals surface area (Å²) in [7, 11) is 0. The van der Waals surface area contributed by atoms with E-state index in [0.717, 1.165) is 13.0 Å². The van der Waals surface area contributed by atoms with Crippen LogP contribution < -0.4 is 10.6 Å². The second-order valence-electron chi connectivity index (χ2n) is 2.73. The van der Waals surface area contributed by atoms with Crippen LogP contribution in [0.5, 0.6) is 0 Å². The van der Waals surface area contributed by atoms with Crippen LogP contribution in [0.3, 0.4) is 0 Å². The minimum absolute atomic E-state index is 0.0622. The molecule has 4 heteroatoms. The molecule has 0 spiro atoms. The molecule has 1 fully saturated rings. The molecule has 1 aliphatic heterocycles. The largest absolute Gasteiger partial charge is 0.354 e. The third-order valence-electron chi connectivity index (χ3n) is 1.83. The zero-order chi connectivity index (χ0) is 8.10. The Bertz CT molecular complexity index is 134. The van der Waals surface area contributed by atoms with Gasteiger partial charge in [-0.05, 0) is 19.4 Å². The Hall–Kier alpha value is -0.280. The molecular formula is C7H13ClN2O. The van der Waals surface area contributed by atoms with Gasteiger partial charge < -0.3 is 10.6 Å². The van der Waals surface area contributed by atoms with Crippen molar-refractivity contribution in [2.75, 3.05) is 19.0 Å². The molecule has 0 aromatic carbocycles. The molecule has 0 bridgehead atoms. The summed E-state index contributed by atoms with van der Waals surface area (Å²) in [5.41, 5.74) is 0. The molecule has 0 unspecified atom stereocenters. The van der Waals surface area contributed by atoms with Gasteiger partial charge in [0.2, 0.25) is 5.91 Å². The van der Waals surface area contributed by atoms with Gasteiger partial charge in [-0.25, -0.2) is 0 Å². The summed E-state index contributed by atoms with van der Waals surface area (Å²) in [5, 5.41) is 6.02. The van der Waals surface area contributed by atoms with Gasteiger partial charge in [0, 0.05) is 12.6 Å². The van der Waals surface area contributed by atoms with Crippen molar-refractivity contribution in [1.82, 2.24) is 10.6 Å². The van der Waals surface area contributed by atoms with Crippen LogP contribution in [0.1, 0.15) is 12.8 Å². The molecule has 1 saturated heterocycles. The maximum absolute atomic E-state index is 10.7.